The third kappa shape index (κ3) is 5.50. The van der Waals surface area contributed by atoms with E-state index in [1.165, 1.54) is 51.9 Å². The van der Waals surface area contributed by atoms with Gasteiger partial charge >= 0.3 is 0 Å². The SMILES string of the molecule is CC(C)(C#N)CCCN(CC1CC1)CC1CCCN1. The van der Waals surface area contributed by atoms with Crippen molar-refractivity contribution in [3.05, 3.63) is 0 Å². The van der Waals surface area contributed by atoms with Gasteiger partial charge < -0.3 is 10.2 Å². The summed E-state index contributed by atoms with van der Waals surface area (Å²) in [5.41, 5.74) is -0.156. The summed E-state index contributed by atoms with van der Waals surface area (Å²) >= 11 is 0. The first kappa shape index (κ1) is 14.8. The minimum atomic E-state index is -0.156. The van der Waals surface area contributed by atoms with Crippen molar-refractivity contribution in [3.8, 4) is 6.07 Å². The van der Waals surface area contributed by atoms with Crippen molar-refractivity contribution >= 4 is 0 Å². The van der Waals surface area contributed by atoms with Crippen molar-refractivity contribution < 1.29 is 0 Å². The van der Waals surface area contributed by atoms with Gasteiger partial charge in [-0.2, -0.15) is 5.26 Å². The molecule has 1 heterocycles. The smallest absolute Gasteiger partial charge is 0.0683 e. The van der Waals surface area contributed by atoms with Crippen molar-refractivity contribution in [2.24, 2.45) is 11.3 Å². The molecule has 2 fully saturated rings. The van der Waals surface area contributed by atoms with Gasteiger partial charge in [-0.25, -0.2) is 0 Å². The average Bonchev–Trinajstić information content (AvgIpc) is 3.03. The second-order valence-electron chi connectivity index (χ2n) is 7.10. The molecule has 1 atom stereocenters. The quantitative estimate of drug-likeness (QED) is 0.732. The van der Waals surface area contributed by atoms with Crippen molar-refractivity contribution in [1.29, 1.82) is 5.26 Å². The molecule has 0 spiro atoms. The molecule has 0 bridgehead atoms. The minimum Gasteiger partial charge on any atom is -0.313 e. The zero-order valence-corrected chi connectivity index (χ0v) is 12.6. The van der Waals surface area contributed by atoms with Crippen molar-refractivity contribution in [3.63, 3.8) is 0 Å². The molecule has 0 aromatic heterocycles. The van der Waals surface area contributed by atoms with Crippen LogP contribution in [0.1, 0.15) is 52.4 Å². The van der Waals surface area contributed by atoms with Crippen molar-refractivity contribution in [2.45, 2.75) is 58.4 Å². The number of nitrogens with zero attached hydrogens (tertiary/aromatic N) is 2. The lowest BCUT2D eigenvalue weighted by molar-refractivity contribution is 0.227. The summed E-state index contributed by atoms with van der Waals surface area (Å²) in [6.07, 6.45) is 7.70. The molecule has 1 aliphatic heterocycles. The fraction of sp³-hybridized carbons (Fsp3) is 0.938. The zero-order valence-electron chi connectivity index (χ0n) is 12.6. The zero-order chi connectivity index (χ0) is 13.7. The van der Waals surface area contributed by atoms with E-state index in [4.69, 9.17) is 5.26 Å². The highest BCUT2D eigenvalue weighted by atomic mass is 15.2. The van der Waals surface area contributed by atoms with E-state index in [1.54, 1.807) is 0 Å². The van der Waals surface area contributed by atoms with Gasteiger partial charge in [0.1, 0.15) is 0 Å². The Morgan fingerprint density at radius 2 is 2.05 bits per heavy atom. The Kier molecular flexibility index (Phi) is 5.24. The molecule has 2 aliphatic rings. The summed E-state index contributed by atoms with van der Waals surface area (Å²) < 4.78 is 0. The lowest BCUT2D eigenvalue weighted by Crippen LogP contribution is -2.39. The molecule has 1 unspecified atom stereocenters. The first-order valence-electron chi connectivity index (χ1n) is 7.96. The molecule has 1 saturated carbocycles. The molecule has 3 heteroatoms. The third-order valence-electron chi connectivity index (χ3n) is 4.43. The Balaban J connectivity index is 1.71. The van der Waals surface area contributed by atoms with Crippen LogP contribution in [0.5, 0.6) is 0 Å². The lowest BCUT2D eigenvalue weighted by atomic mass is 9.90. The monoisotopic (exact) mass is 263 g/mol. The van der Waals surface area contributed by atoms with E-state index in [0.29, 0.717) is 6.04 Å². The highest BCUT2D eigenvalue weighted by Gasteiger charge is 2.26. The van der Waals surface area contributed by atoms with Crippen LogP contribution in [0.25, 0.3) is 0 Å². The second kappa shape index (κ2) is 6.72. The molecule has 1 saturated heterocycles. The Morgan fingerprint density at radius 3 is 2.63 bits per heavy atom. The normalized spacial score (nSPS) is 23.8. The minimum absolute atomic E-state index is 0.156. The summed E-state index contributed by atoms with van der Waals surface area (Å²) in [5.74, 6) is 0.963. The first-order chi connectivity index (χ1) is 9.09. The van der Waals surface area contributed by atoms with Gasteiger partial charge in [0.15, 0.2) is 0 Å². The maximum atomic E-state index is 9.07. The highest BCUT2D eigenvalue weighted by molar-refractivity contribution is 4.91. The lowest BCUT2D eigenvalue weighted by Gasteiger charge is -2.26. The fourth-order valence-corrected chi connectivity index (χ4v) is 2.95. The molecule has 0 aromatic rings. The number of nitrogens with one attached hydrogen (secondary N) is 1. The maximum Gasteiger partial charge on any atom is 0.0683 e. The van der Waals surface area contributed by atoms with Crippen LogP contribution in [-0.4, -0.2) is 37.1 Å². The average molecular weight is 263 g/mol. The first-order valence-corrected chi connectivity index (χ1v) is 7.96. The van der Waals surface area contributed by atoms with Gasteiger partial charge in [-0.05, 0) is 71.4 Å². The standard InChI is InChI=1S/C16H29N3/c1-16(2,13-17)8-4-10-19(11-14-6-7-14)12-15-5-3-9-18-15/h14-15,18H,3-12H2,1-2H3. The molecule has 0 radical (unpaired) electrons. The molecule has 3 nitrogen and oxygen atoms in total. The largest absolute Gasteiger partial charge is 0.313 e. The van der Waals surface area contributed by atoms with E-state index in [0.717, 1.165) is 18.8 Å². The molecule has 0 aromatic carbocycles. The van der Waals surface area contributed by atoms with Gasteiger partial charge in [-0.1, -0.05) is 0 Å². The Bertz CT molecular complexity index is 308. The number of rotatable bonds is 8. The highest BCUT2D eigenvalue weighted by Crippen LogP contribution is 2.30. The Labute approximate surface area is 118 Å². The van der Waals surface area contributed by atoms with Crippen LogP contribution >= 0.6 is 0 Å². The Morgan fingerprint density at radius 1 is 1.26 bits per heavy atom. The molecule has 19 heavy (non-hydrogen) atoms. The van der Waals surface area contributed by atoms with Crippen LogP contribution in [0.15, 0.2) is 0 Å². The summed E-state index contributed by atoms with van der Waals surface area (Å²) in [6.45, 7) is 8.96. The summed E-state index contributed by atoms with van der Waals surface area (Å²) in [4.78, 5) is 2.65. The molecule has 2 rings (SSSR count). The number of nitriles is 1. The van der Waals surface area contributed by atoms with Crippen molar-refractivity contribution in [2.75, 3.05) is 26.2 Å². The predicted molar refractivity (Wildman–Crippen MR) is 78.8 cm³/mol. The van der Waals surface area contributed by atoms with Gasteiger partial charge in [-0.15, -0.1) is 0 Å². The molecular weight excluding hydrogens is 234 g/mol. The van der Waals surface area contributed by atoms with E-state index in [2.05, 4.69) is 30.1 Å². The fourth-order valence-electron chi connectivity index (χ4n) is 2.95. The van der Waals surface area contributed by atoms with E-state index in [9.17, 15) is 0 Å². The molecule has 0 amide bonds. The number of hydrogen-bond acceptors (Lipinski definition) is 3. The second-order valence-corrected chi connectivity index (χ2v) is 7.10. The topological polar surface area (TPSA) is 39.1 Å². The van der Waals surface area contributed by atoms with Crippen molar-refractivity contribution in [1.82, 2.24) is 10.2 Å². The molecule has 1 N–H and O–H groups in total. The predicted octanol–water partition coefficient (Wildman–Crippen LogP) is 2.78. The molecular formula is C16H29N3. The number of hydrogen-bond donors (Lipinski definition) is 1. The molecule has 108 valence electrons. The van der Waals surface area contributed by atoms with E-state index in [-0.39, 0.29) is 5.41 Å². The van der Waals surface area contributed by atoms with Gasteiger partial charge in [0.25, 0.3) is 0 Å². The van der Waals surface area contributed by atoms with E-state index < -0.39 is 0 Å². The van der Waals surface area contributed by atoms with Crippen LogP contribution in [0.2, 0.25) is 0 Å². The van der Waals surface area contributed by atoms with Gasteiger partial charge in [-0.3, -0.25) is 0 Å². The van der Waals surface area contributed by atoms with Gasteiger partial charge in [0, 0.05) is 19.1 Å². The summed E-state index contributed by atoms with van der Waals surface area (Å²) in [6, 6.07) is 3.12. The van der Waals surface area contributed by atoms with Crippen LogP contribution in [0.3, 0.4) is 0 Å². The van der Waals surface area contributed by atoms with Crippen LogP contribution < -0.4 is 5.32 Å². The van der Waals surface area contributed by atoms with Crippen LogP contribution in [-0.2, 0) is 0 Å². The summed E-state index contributed by atoms with van der Waals surface area (Å²) in [5, 5.41) is 12.7. The van der Waals surface area contributed by atoms with Crippen LogP contribution in [0.4, 0.5) is 0 Å². The van der Waals surface area contributed by atoms with E-state index >= 15 is 0 Å². The van der Waals surface area contributed by atoms with Gasteiger partial charge in [0.2, 0.25) is 0 Å². The van der Waals surface area contributed by atoms with Crippen LogP contribution in [0, 0.1) is 22.7 Å². The Hall–Kier alpha value is -0.590. The molecule has 1 aliphatic carbocycles. The van der Waals surface area contributed by atoms with E-state index in [1.807, 2.05) is 0 Å². The summed E-state index contributed by atoms with van der Waals surface area (Å²) in [7, 11) is 0. The third-order valence-corrected chi connectivity index (χ3v) is 4.43. The van der Waals surface area contributed by atoms with Gasteiger partial charge in [0.05, 0.1) is 11.5 Å². The maximum absolute atomic E-state index is 9.07.